The summed E-state index contributed by atoms with van der Waals surface area (Å²) in [5, 5.41) is 2.54. The van der Waals surface area contributed by atoms with Crippen molar-refractivity contribution in [3.05, 3.63) is 70.8 Å². The summed E-state index contributed by atoms with van der Waals surface area (Å²) in [5.74, 6) is -0.888. The molecule has 0 fully saturated rings. The van der Waals surface area contributed by atoms with Crippen LogP contribution in [-0.2, 0) is 5.75 Å². The molecule has 0 spiro atoms. The van der Waals surface area contributed by atoms with Gasteiger partial charge < -0.3 is 5.32 Å². The molecule has 0 aliphatic heterocycles. The van der Waals surface area contributed by atoms with Gasteiger partial charge in [-0.15, -0.1) is 0 Å². The number of benzene rings is 2. The Kier molecular flexibility index (Phi) is 5.95. The number of amides is 1. The van der Waals surface area contributed by atoms with Crippen LogP contribution in [-0.4, -0.2) is 18.2 Å². The van der Waals surface area contributed by atoms with E-state index in [4.69, 9.17) is 0 Å². The lowest BCUT2D eigenvalue weighted by molar-refractivity contribution is 0.0948. The molecule has 2 aromatic rings. The Labute approximate surface area is 132 Å². The van der Waals surface area contributed by atoms with Crippen molar-refractivity contribution in [1.82, 2.24) is 5.32 Å². The number of hydrogen-bond donors (Lipinski definition) is 1. The Morgan fingerprint density at radius 3 is 2.36 bits per heavy atom. The van der Waals surface area contributed by atoms with Crippen molar-refractivity contribution >= 4 is 17.7 Å². The molecule has 0 aromatic heterocycles. The van der Waals surface area contributed by atoms with Gasteiger partial charge in [0.1, 0.15) is 17.2 Å². The number of rotatable bonds is 6. The van der Waals surface area contributed by atoms with E-state index < -0.39 is 23.1 Å². The predicted molar refractivity (Wildman–Crippen MR) is 86.0 cm³/mol. The Morgan fingerprint density at radius 2 is 1.73 bits per heavy atom. The lowest BCUT2D eigenvalue weighted by Crippen LogP contribution is -2.27. The van der Waals surface area contributed by atoms with Gasteiger partial charge in [0.2, 0.25) is 0 Å². The molecule has 0 atom stereocenters. The molecule has 0 heterocycles. The van der Waals surface area contributed by atoms with Gasteiger partial charge in [0, 0.05) is 18.1 Å². The molecule has 22 heavy (non-hydrogen) atoms. The Hall–Kier alpha value is -1.88. The van der Waals surface area contributed by atoms with Crippen molar-refractivity contribution in [1.29, 1.82) is 0 Å². The number of halogens is 2. The molecule has 0 radical (unpaired) electrons. The van der Waals surface area contributed by atoms with Crippen LogP contribution >= 0.6 is 11.8 Å². The quantitative estimate of drug-likeness (QED) is 0.817. The summed E-state index contributed by atoms with van der Waals surface area (Å²) < 4.78 is 26.8. The highest BCUT2D eigenvalue weighted by Crippen LogP contribution is 2.13. The van der Waals surface area contributed by atoms with Crippen molar-refractivity contribution in [3.63, 3.8) is 0 Å². The molecule has 2 nitrogen and oxygen atoms in total. The zero-order chi connectivity index (χ0) is 15.9. The van der Waals surface area contributed by atoms with E-state index >= 15 is 0 Å². The minimum absolute atomic E-state index is 0.364. The summed E-state index contributed by atoms with van der Waals surface area (Å²) >= 11 is 1.66. The maximum Gasteiger partial charge on any atom is 0.257 e. The molecular weight excluding hydrogens is 304 g/mol. The van der Waals surface area contributed by atoms with E-state index in [9.17, 15) is 13.6 Å². The van der Waals surface area contributed by atoms with Crippen LogP contribution in [0.3, 0.4) is 0 Å². The van der Waals surface area contributed by atoms with Gasteiger partial charge in [-0.1, -0.05) is 35.9 Å². The third-order valence-corrected chi connectivity index (χ3v) is 4.14. The topological polar surface area (TPSA) is 29.1 Å². The lowest BCUT2D eigenvalue weighted by atomic mass is 10.2. The van der Waals surface area contributed by atoms with Crippen LogP contribution in [0.15, 0.2) is 42.5 Å². The highest BCUT2D eigenvalue weighted by atomic mass is 32.2. The highest BCUT2D eigenvalue weighted by Gasteiger charge is 2.16. The van der Waals surface area contributed by atoms with E-state index in [1.807, 2.05) is 6.92 Å². The van der Waals surface area contributed by atoms with E-state index in [2.05, 4.69) is 29.6 Å². The summed E-state index contributed by atoms with van der Waals surface area (Å²) in [6.45, 7) is 2.40. The second-order valence-electron chi connectivity index (χ2n) is 4.89. The monoisotopic (exact) mass is 321 g/mol. The van der Waals surface area contributed by atoms with Gasteiger partial charge in [0.05, 0.1) is 0 Å². The number of thioether (sulfide) groups is 1. The molecule has 116 valence electrons. The van der Waals surface area contributed by atoms with Crippen LogP contribution in [0.25, 0.3) is 0 Å². The van der Waals surface area contributed by atoms with Crippen LogP contribution in [0.4, 0.5) is 8.78 Å². The molecule has 0 unspecified atom stereocenters. The van der Waals surface area contributed by atoms with Gasteiger partial charge in [-0.25, -0.2) is 8.78 Å². The summed E-state index contributed by atoms with van der Waals surface area (Å²) in [7, 11) is 0. The van der Waals surface area contributed by atoms with E-state index in [0.29, 0.717) is 12.3 Å². The normalized spacial score (nSPS) is 10.5. The Balaban J connectivity index is 1.74. The summed E-state index contributed by atoms with van der Waals surface area (Å²) in [5.41, 5.74) is 1.90. The largest absolute Gasteiger partial charge is 0.351 e. The molecule has 0 saturated heterocycles. The van der Waals surface area contributed by atoms with E-state index in [1.54, 1.807) is 11.8 Å². The Morgan fingerprint density at radius 1 is 1.09 bits per heavy atom. The zero-order valence-corrected chi connectivity index (χ0v) is 13.1. The number of aryl methyl sites for hydroxylation is 1. The average Bonchev–Trinajstić information content (AvgIpc) is 2.48. The number of carbonyl (C=O) groups is 1. The fraction of sp³-hybridized carbons (Fsp3) is 0.235. The fourth-order valence-corrected chi connectivity index (χ4v) is 2.73. The number of carbonyl (C=O) groups excluding carboxylic acids is 1. The first-order valence-corrected chi connectivity index (χ1v) is 8.09. The molecule has 2 rings (SSSR count). The molecule has 2 aromatic carbocycles. The van der Waals surface area contributed by atoms with E-state index in [0.717, 1.165) is 17.9 Å². The average molecular weight is 321 g/mol. The second-order valence-corrected chi connectivity index (χ2v) is 6.00. The highest BCUT2D eigenvalue weighted by molar-refractivity contribution is 7.98. The van der Waals surface area contributed by atoms with Gasteiger partial charge in [-0.2, -0.15) is 11.8 Å². The van der Waals surface area contributed by atoms with Gasteiger partial charge in [0.25, 0.3) is 5.91 Å². The van der Waals surface area contributed by atoms with Crippen LogP contribution in [0.5, 0.6) is 0 Å². The molecular formula is C17H17F2NOS. The van der Waals surface area contributed by atoms with Crippen molar-refractivity contribution in [2.24, 2.45) is 0 Å². The summed E-state index contributed by atoms with van der Waals surface area (Å²) in [6.07, 6.45) is 0. The van der Waals surface area contributed by atoms with Crippen molar-refractivity contribution in [2.75, 3.05) is 12.3 Å². The SMILES string of the molecule is Cc1ccc(CSCCNC(=O)c2c(F)cccc2F)cc1. The van der Waals surface area contributed by atoms with Gasteiger partial charge in [-0.3, -0.25) is 4.79 Å². The van der Waals surface area contributed by atoms with E-state index in [1.165, 1.54) is 17.2 Å². The molecule has 1 N–H and O–H groups in total. The minimum Gasteiger partial charge on any atom is -0.351 e. The van der Waals surface area contributed by atoms with Crippen LogP contribution in [0, 0.1) is 18.6 Å². The second kappa shape index (κ2) is 7.94. The smallest absolute Gasteiger partial charge is 0.257 e. The molecule has 0 bridgehead atoms. The number of hydrogen-bond acceptors (Lipinski definition) is 2. The molecule has 0 saturated carbocycles. The maximum absolute atomic E-state index is 13.4. The molecule has 0 aliphatic carbocycles. The molecule has 5 heteroatoms. The summed E-state index contributed by atoms with van der Waals surface area (Å²) in [6, 6.07) is 11.6. The van der Waals surface area contributed by atoms with Gasteiger partial charge in [0.15, 0.2) is 0 Å². The third-order valence-electron chi connectivity index (χ3n) is 3.11. The van der Waals surface area contributed by atoms with Crippen LogP contribution in [0.2, 0.25) is 0 Å². The van der Waals surface area contributed by atoms with Crippen molar-refractivity contribution in [2.45, 2.75) is 12.7 Å². The van der Waals surface area contributed by atoms with Gasteiger partial charge >= 0.3 is 0 Å². The zero-order valence-electron chi connectivity index (χ0n) is 12.2. The predicted octanol–water partition coefficient (Wildman–Crippen LogP) is 3.94. The summed E-state index contributed by atoms with van der Waals surface area (Å²) in [4.78, 5) is 11.8. The maximum atomic E-state index is 13.4. The van der Waals surface area contributed by atoms with E-state index in [-0.39, 0.29) is 0 Å². The first kappa shape index (κ1) is 16.5. The first-order valence-electron chi connectivity index (χ1n) is 6.93. The first-order chi connectivity index (χ1) is 10.6. The molecule has 1 amide bonds. The lowest BCUT2D eigenvalue weighted by Gasteiger charge is -2.07. The fourth-order valence-electron chi connectivity index (χ4n) is 1.91. The Bertz CT molecular complexity index is 623. The minimum atomic E-state index is -0.843. The van der Waals surface area contributed by atoms with Gasteiger partial charge in [-0.05, 0) is 24.6 Å². The van der Waals surface area contributed by atoms with Crippen molar-refractivity contribution in [3.8, 4) is 0 Å². The van der Waals surface area contributed by atoms with Crippen LogP contribution in [0.1, 0.15) is 21.5 Å². The number of nitrogens with one attached hydrogen (secondary N) is 1. The standard InChI is InChI=1S/C17H17F2NOS/c1-12-5-7-13(8-6-12)11-22-10-9-20-17(21)16-14(18)3-2-4-15(16)19/h2-8H,9-11H2,1H3,(H,20,21). The third kappa shape index (κ3) is 4.56. The van der Waals surface area contributed by atoms with Crippen molar-refractivity contribution < 1.29 is 13.6 Å². The molecule has 0 aliphatic rings. The van der Waals surface area contributed by atoms with Crippen LogP contribution < -0.4 is 5.32 Å².